The van der Waals surface area contributed by atoms with E-state index in [1.54, 1.807) is 0 Å². The third-order valence-corrected chi connectivity index (χ3v) is 5.99. The Morgan fingerprint density at radius 2 is 0.879 bits per heavy atom. The van der Waals surface area contributed by atoms with Crippen molar-refractivity contribution in [2.24, 2.45) is 0 Å². The summed E-state index contributed by atoms with van der Waals surface area (Å²) < 4.78 is 0. The van der Waals surface area contributed by atoms with Crippen molar-refractivity contribution in [2.75, 3.05) is 40.9 Å². The van der Waals surface area contributed by atoms with Crippen LogP contribution in [0.2, 0.25) is 0 Å². The van der Waals surface area contributed by atoms with Crippen LogP contribution in [0.1, 0.15) is 33.3 Å². The first kappa shape index (κ1) is 24.1. The van der Waals surface area contributed by atoms with E-state index >= 15 is 0 Å². The average molecular weight is 442 g/mol. The van der Waals surface area contributed by atoms with E-state index in [-0.39, 0.29) is 0 Å². The fourth-order valence-electron chi connectivity index (χ4n) is 4.13. The zero-order valence-electron chi connectivity index (χ0n) is 20.2. The highest BCUT2D eigenvalue weighted by atomic mass is 16.1. The zero-order valence-corrected chi connectivity index (χ0v) is 20.2. The first-order valence-corrected chi connectivity index (χ1v) is 11.9. The Morgan fingerprint density at radius 1 is 0.545 bits per heavy atom. The number of benzene rings is 3. The second-order valence-electron chi connectivity index (χ2n) is 7.80. The van der Waals surface area contributed by atoms with Crippen molar-refractivity contribution in [3.8, 4) is 0 Å². The molecule has 3 aromatic carbocycles. The van der Waals surface area contributed by atoms with Gasteiger partial charge in [-0.25, -0.2) is 0 Å². The monoisotopic (exact) mass is 441 g/mol. The normalized spacial score (nSPS) is 10.9. The number of anilines is 5. The number of nitrogens with zero attached hydrogens (tertiary/aromatic N) is 3. The smallest absolute Gasteiger partial charge is 0.142 e. The van der Waals surface area contributed by atoms with Gasteiger partial charge in [0.25, 0.3) is 0 Å². The van der Waals surface area contributed by atoms with Crippen LogP contribution in [0.3, 0.4) is 0 Å². The van der Waals surface area contributed by atoms with Crippen LogP contribution in [0.4, 0.5) is 28.4 Å². The second kappa shape index (κ2) is 11.9. The minimum Gasteiger partial charge on any atom is -0.372 e. The Labute approximate surface area is 198 Å². The fraction of sp³-hybridized carbons (Fsp3) is 0.276. The first-order valence-electron chi connectivity index (χ1n) is 11.9. The van der Waals surface area contributed by atoms with Crippen LogP contribution in [-0.2, 0) is 4.79 Å². The number of rotatable bonds is 11. The molecule has 0 radical (unpaired) electrons. The minimum absolute atomic E-state index is 0.801. The Balaban J connectivity index is 2.01. The van der Waals surface area contributed by atoms with Gasteiger partial charge in [0.1, 0.15) is 6.29 Å². The summed E-state index contributed by atoms with van der Waals surface area (Å²) in [7, 11) is 0. The quantitative estimate of drug-likeness (QED) is 0.235. The van der Waals surface area contributed by atoms with Crippen molar-refractivity contribution in [3.63, 3.8) is 0 Å². The molecule has 0 heterocycles. The Hall–Kier alpha value is -3.53. The van der Waals surface area contributed by atoms with Crippen molar-refractivity contribution in [2.45, 2.75) is 27.7 Å². The minimum atomic E-state index is 0.801. The van der Waals surface area contributed by atoms with Gasteiger partial charge in [0.05, 0.1) is 0 Å². The highest BCUT2D eigenvalue weighted by Crippen LogP contribution is 2.36. The molecule has 3 aromatic rings. The molecule has 0 aliphatic carbocycles. The summed E-state index contributed by atoms with van der Waals surface area (Å²) >= 11 is 0. The maximum atomic E-state index is 10.7. The van der Waals surface area contributed by atoms with E-state index in [1.807, 2.05) is 18.2 Å². The Bertz CT molecular complexity index is 960. The van der Waals surface area contributed by atoms with Gasteiger partial charge in [-0.2, -0.15) is 0 Å². The van der Waals surface area contributed by atoms with Gasteiger partial charge in [-0.05, 0) is 100.0 Å². The maximum Gasteiger partial charge on any atom is 0.142 e. The molecule has 3 rings (SSSR count). The van der Waals surface area contributed by atoms with E-state index in [0.29, 0.717) is 0 Å². The molecule has 0 saturated carbocycles. The molecule has 0 spiro atoms. The number of hydrogen-bond donors (Lipinski definition) is 0. The van der Waals surface area contributed by atoms with Crippen molar-refractivity contribution in [1.29, 1.82) is 0 Å². The van der Waals surface area contributed by atoms with Gasteiger partial charge in [0.15, 0.2) is 0 Å². The molecule has 0 fully saturated rings. The number of carbonyl (C=O) groups is 1. The molecule has 0 aliphatic heterocycles. The molecule has 4 heteroatoms. The summed E-state index contributed by atoms with van der Waals surface area (Å²) in [5, 5.41) is 0. The summed E-state index contributed by atoms with van der Waals surface area (Å²) in [5.41, 5.74) is 6.75. The molecule has 0 unspecified atom stereocenters. The second-order valence-corrected chi connectivity index (χ2v) is 7.80. The van der Waals surface area contributed by atoms with Crippen LogP contribution in [0.15, 0.2) is 78.9 Å². The molecular formula is C29H35N3O. The van der Waals surface area contributed by atoms with E-state index in [1.165, 1.54) is 17.5 Å². The lowest BCUT2D eigenvalue weighted by Gasteiger charge is -2.28. The van der Waals surface area contributed by atoms with Crippen LogP contribution < -0.4 is 14.7 Å². The first-order chi connectivity index (χ1) is 16.1. The van der Waals surface area contributed by atoms with Crippen molar-refractivity contribution in [1.82, 2.24) is 0 Å². The van der Waals surface area contributed by atoms with Gasteiger partial charge in [0.2, 0.25) is 0 Å². The molecule has 0 amide bonds. The Kier molecular flexibility index (Phi) is 8.71. The molecule has 0 saturated heterocycles. The van der Waals surface area contributed by atoms with Gasteiger partial charge in [-0.1, -0.05) is 18.2 Å². The van der Waals surface area contributed by atoms with Crippen LogP contribution in [-0.4, -0.2) is 32.5 Å². The summed E-state index contributed by atoms with van der Waals surface area (Å²) in [6, 6.07) is 25.8. The predicted octanol–water partition coefficient (Wildman–Crippen LogP) is 7.06. The van der Waals surface area contributed by atoms with Gasteiger partial charge in [-0.15, -0.1) is 0 Å². The lowest BCUT2D eigenvalue weighted by Crippen LogP contribution is -2.22. The van der Waals surface area contributed by atoms with E-state index in [4.69, 9.17) is 0 Å². The van der Waals surface area contributed by atoms with Crippen LogP contribution >= 0.6 is 0 Å². The van der Waals surface area contributed by atoms with Crippen LogP contribution in [0.5, 0.6) is 0 Å². The van der Waals surface area contributed by atoms with Crippen molar-refractivity contribution in [3.05, 3.63) is 84.4 Å². The van der Waals surface area contributed by atoms with Crippen LogP contribution in [0, 0.1) is 0 Å². The summed E-state index contributed by atoms with van der Waals surface area (Å²) in [6.07, 6.45) is 4.14. The topological polar surface area (TPSA) is 26.8 Å². The molecule has 0 bridgehead atoms. The van der Waals surface area contributed by atoms with E-state index < -0.39 is 0 Å². The molecule has 0 N–H and O–H groups in total. The van der Waals surface area contributed by atoms with Crippen molar-refractivity contribution < 1.29 is 4.79 Å². The predicted molar refractivity (Wildman–Crippen MR) is 143 cm³/mol. The van der Waals surface area contributed by atoms with Crippen molar-refractivity contribution >= 4 is 40.8 Å². The summed E-state index contributed by atoms with van der Waals surface area (Å²) in [6.45, 7) is 12.7. The van der Waals surface area contributed by atoms with E-state index in [2.05, 4.69) is 103 Å². The summed E-state index contributed by atoms with van der Waals surface area (Å²) in [4.78, 5) is 17.6. The van der Waals surface area contributed by atoms with Gasteiger partial charge >= 0.3 is 0 Å². The molecular weight excluding hydrogens is 406 g/mol. The third kappa shape index (κ3) is 5.83. The van der Waals surface area contributed by atoms with Gasteiger partial charge in [0, 0.05) is 54.6 Å². The molecule has 33 heavy (non-hydrogen) atoms. The summed E-state index contributed by atoms with van der Waals surface area (Å²) in [5.74, 6) is 0. The molecule has 172 valence electrons. The van der Waals surface area contributed by atoms with Gasteiger partial charge in [-0.3, -0.25) is 4.79 Å². The number of aldehydes is 1. The fourth-order valence-corrected chi connectivity index (χ4v) is 4.13. The Morgan fingerprint density at radius 3 is 1.21 bits per heavy atom. The number of allylic oxidation sites excluding steroid dienone is 1. The standard InChI is InChI=1S/C29H35N3O/c1-5-30(6-2)25-15-19-28(20-16-25)32(27-13-11-24(12-14-27)10-9-23-33)29-21-17-26(18-22-29)31(7-3)8-4/h9-23H,5-8H2,1-4H3. The zero-order chi connectivity index (χ0) is 23.6. The largest absolute Gasteiger partial charge is 0.372 e. The van der Waals surface area contributed by atoms with E-state index in [0.717, 1.165) is 55.1 Å². The highest BCUT2D eigenvalue weighted by Gasteiger charge is 2.14. The molecule has 4 nitrogen and oxygen atoms in total. The lowest BCUT2D eigenvalue weighted by atomic mass is 10.1. The highest BCUT2D eigenvalue weighted by molar-refractivity contribution is 5.79. The number of hydrogen-bond acceptors (Lipinski definition) is 4. The average Bonchev–Trinajstić information content (AvgIpc) is 2.87. The molecule has 0 atom stereocenters. The molecule has 0 aliphatic rings. The van der Waals surface area contributed by atoms with Crippen LogP contribution in [0.25, 0.3) is 6.08 Å². The lowest BCUT2D eigenvalue weighted by molar-refractivity contribution is -0.104. The third-order valence-electron chi connectivity index (χ3n) is 5.99. The molecule has 0 aromatic heterocycles. The number of carbonyl (C=O) groups excluding carboxylic acids is 1. The van der Waals surface area contributed by atoms with E-state index in [9.17, 15) is 4.79 Å². The van der Waals surface area contributed by atoms with Gasteiger partial charge < -0.3 is 14.7 Å². The maximum absolute atomic E-state index is 10.7. The SMILES string of the molecule is CCN(CC)c1ccc(N(c2ccc(C=CC=O)cc2)c2ccc(N(CC)CC)cc2)cc1.